The van der Waals surface area contributed by atoms with Gasteiger partial charge in [0.15, 0.2) is 6.10 Å². The zero-order valence-corrected chi connectivity index (χ0v) is 18.2. The van der Waals surface area contributed by atoms with Gasteiger partial charge in [0, 0.05) is 4.47 Å². The van der Waals surface area contributed by atoms with Crippen molar-refractivity contribution < 1.29 is 19.2 Å². The number of halogens is 1. The first kappa shape index (κ1) is 19.8. The van der Waals surface area contributed by atoms with Gasteiger partial charge in [-0.25, -0.2) is 9.96 Å². The average Bonchev–Trinajstić information content (AvgIpc) is 3.30. The van der Waals surface area contributed by atoms with Crippen molar-refractivity contribution in [1.29, 1.82) is 0 Å². The fraction of sp³-hybridized carbons (Fsp3) is 0.167. The summed E-state index contributed by atoms with van der Waals surface area (Å²) in [5.41, 5.74) is 2.14. The first-order valence-electron chi connectivity index (χ1n) is 9.87. The molecule has 2 saturated heterocycles. The van der Waals surface area contributed by atoms with Crippen LogP contribution in [0.1, 0.15) is 11.6 Å². The quantitative estimate of drug-likeness (QED) is 0.516. The lowest BCUT2D eigenvalue weighted by molar-refractivity contribution is -0.126. The van der Waals surface area contributed by atoms with E-state index in [1.807, 2.05) is 60.7 Å². The summed E-state index contributed by atoms with van der Waals surface area (Å²) in [6.07, 6.45) is -0.900. The number of ether oxygens (including phenoxy) is 1. The number of carbonyl (C=O) groups is 2. The summed E-state index contributed by atoms with van der Waals surface area (Å²) in [5.74, 6) is -0.646. The number of amides is 2. The predicted molar refractivity (Wildman–Crippen MR) is 120 cm³/mol. The molecule has 2 aliphatic rings. The second kappa shape index (κ2) is 7.83. The summed E-state index contributed by atoms with van der Waals surface area (Å²) < 4.78 is 6.18. The van der Waals surface area contributed by atoms with Gasteiger partial charge in [-0.05, 0) is 48.0 Å². The Morgan fingerprint density at radius 1 is 0.871 bits per heavy atom. The third kappa shape index (κ3) is 3.30. The third-order valence-corrected chi connectivity index (χ3v) is 6.12. The Bertz CT molecular complexity index is 1150. The number of methoxy groups -OCH3 is 1. The highest BCUT2D eigenvalue weighted by atomic mass is 79.9. The topological polar surface area (TPSA) is 59.1 Å². The van der Waals surface area contributed by atoms with E-state index in [0.717, 1.165) is 15.7 Å². The van der Waals surface area contributed by atoms with Gasteiger partial charge < -0.3 is 4.74 Å². The highest BCUT2D eigenvalue weighted by molar-refractivity contribution is 9.10. The van der Waals surface area contributed by atoms with Gasteiger partial charge in [0.2, 0.25) is 5.91 Å². The molecule has 2 heterocycles. The molecule has 3 aromatic carbocycles. The second-order valence-electron chi connectivity index (χ2n) is 7.43. The third-order valence-electron chi connectivity index (χ3n) is 5.63. The highest BCUT2D eigenvalue weighted by Gasteiger charge is 2.60. The standard InChI is InChI=1S/C24H19BrN2O4/c1-30-19-12-5-7-15(13-19)21-20-22(31-27(21)17-9-3-2-4-10-17)24(29)26(23(20)28)18-11-6-8-16(25)14-18/h2-14,20-22H,1H3/t20-,21+,22-/m0/s1. The summed E-state index contributed by atoms with van der Waals surface area (Å²) in [6.45, 7) is 0. The van der Waals surface area contributed by atoms with Crippen molar-refractivity contribution in [1.82, 2.24) is 0 Å². The Morgan fingerprint density at radius 3 is 2.35 bits per heavy atom. The van der Waals surface area contributed by atoms with Gasteiger partial charge in [-0.1, -0.05) is 52.3 Å². The van der Waals surface area contributed by atoms with Crippen LogP contribution >= 0.6 is 15.9 Å². The Kier molecular flexibility index (Phi) is 5.00. The van der Waals surface area contributed by atoms with E-state index < -0.39 is 18.1 Å². The lowest BCUT2D eigenvalue weighted by Crippen LogP contribution is -2.37. The Labute approximate surface area is 188 Å². The summed E-state index contributed by atoms with van der Waals surface area (Å²) in [7, 11) is 1.60. The van der Waals surface area contributed by atoms with Crippen LogP contribution in [0, 0.1) is 5.92 Å². The van der Waals surface area contributed by atoms with Crippen molar-refractivity contribution in [2.75, 3.05) is 17.1 Å². The number of imide groups is 1. The molecular weight excluding hydrogens is 460 g/mol. The molecule has 0 radical (unpaired) electrons. The highest BCUT2D eigenvalue weighted by Crippen LogP contribution is 2.48. The Balaban J connectivity index is 1.60. The van der Waals surface area contributed by atoms with Gasteiger partial charge in [0.05, 0.1) is 24.5 Å². The molecule has 6 nitrogen and oxygen atoms in total. The van der Waals surface area contributed by atoms with Crippen molar-refractivity contribution in [3.05, 3.63) is 88.9 Å². The van der Waals surface area contributed by atoms with E-state index in [2.05, 4.69) is 15.9 Å². The van der Waals surface area contributed by atoms with Crippen molar-refractivity contribution in [2.45, 2.75) is 12.1 Å². The van der Waals surface area contributed by atoms with Gasteiger partial charge in [0.25, 0.3) is 5.91 Å². The maximum absolute atomic E-state index is 13.6. The molecule has 0 spiro atoms. The van der Waals surface area contributed by atoms with Crippen LogP contribution in [-0.2, 0) is 14.4 Å². The fourth-order valence-electron chi connectivity index (χ4n) is 4.25. The molecule has 156 valence electrons. The number of nitrogens with zero attached hydrogens (tertiary/aromatic N) is 2. The fourth-order valence-corrected chi connectivity index (χ4v) is 4.63. The normalized spacial score (nSPS) is 22.7. The van der Waals surface area contributed by atoms with Gasteiger partial charge in [0.1, 0.15) is 11.7 Å². The molecule has 5 rings (SSSR count). The smallest absolute Gasteiger partial charge is 0.266 e. The lowest BCUT2D eigenvalue weighted by atomic mass is 9.90. The SMILES string of the molecule is COc1cccc([C@@H]2[C@@H]3C(=O)N(c4cccc(Br)c4)C(=O)[C@H]3ON2c2ccccc2)c1. The van der Waals surface area contributed by atoms with E-state index >= 15 is 0 Å². The van der Waals surface area contributed by atoms with Crippen LogP contribution in [0.25, 0.3) is 0 Å². The van der Waals surface area contributed by atoms with Crippen molar-refractivity contribution in [2.24, 2.45) is 5.92 Å². The molecule has 3 aromatic rings. The molecule has 0 aliphatic carbocycles. The van der Waals surface area contributed by atoms with E-state index in [4.69, 9.17) is 9.57 Å². The minimum Gasteiger partial charge on any atom is -0.497 e. The number of para-hydroxylation sites is 1. The molecular formula is C24H19BrN2O4. The van der Waals surface area contributed by atoms with Gasteiger partial charge in [-0.2, -0.15) is 0 Å². The van der Waals surface area contributed by atoms with Crippen LogP contribution in [-0.4, -0.2) is 25.0 Å². The zero-order chi connectivity index (χ0) is 21.5. The molecule has 3 atom stereocenters. The van der Waals surface area contributed by atoms with Crippen LogP contribution in [0.4, 0.5) is 11.4 Å². The number of hydrogen-bond donors (Lipinski definition) is 0. The van der Waals surface area contributed by atoms with Crippen LogP contribution in [0.3, 0.4) is 0 Å². The summed E-state index contributed by atoms with van der Waals surface area (Å²) in [4.78, 5) is 34.3. The van der Waals surface area contributed by atoms with Gasteiger partial charge in [-0.3, -0.25) is 14.4 Å². The van der Waals surface area contributed by atoms with Crippen molar-refractivity contribution in [3.63, 3.8) is 0 Å². The molecule has 0 saturated carbocycles. The number of carbonyl (C=O) groups excluding carboxylic acids is 2. The molecule has 0 aromatic heterocycles. The second-order valence-corrected chi connectivity index (χ2v) is 8.34. The molecule has 0 unspecified atom stereocenters. The minimum atomic E-state index is -0.900. The van der Waals surface area contributed by atoms with Crippen LogP contribution in [0.5, 0.6) is 5.75 Å². The first-order chi connectivity index (χ1) is 15.1. The van der Waals surface area contributed by atoms with Gasteiger partial charge >= 0.3 is 0 Å². The molecule has 2 aliphatic heterocycles. The number of hydrogen-bond acceptors (Lipinski definition) is 5. The van der Waals surface area contributed by atoms with Crippen LogP contribution < -0.4 is 14.7 Å². The maximum atomic E-state index is 13.6. The van der Waals surface area contributed by atoms with E-state index in [0.29, 0.717) is 11.4 Å². The van der Waals surface area contributed by atoms with E-state index in [1.165, 1.54) is 4.90 Å². The van der Waals surface area contributed by atoms with E-state index in [-0.39, 0.29) is 11.8 Å². The Hall–Kier alpha value is -3.16. The molecule has 31 heavy (non-hydrogen) atoms. The van der Waals surface area contributed by atoms with Crippen molar-refractivity contribution in [3.8, 4) is 5.75 Å². The number of hydroxylamine groups is 1. The molecule has 2 fully saturated rings. The molecule has 7 heteroatoms. The van der Waals surface area contributed by atoms with E-state index in [9.17, 15) is 9.59 Å². The van der Waals surface area contributed by atoms with E-state index in [1.54, 1.807) is 30.4 Å². The summed E-state index contributed by atoms with van der Waals surface area (Å²) in [5, 5.41) is 1.68. The molecule has 0 N–H and O–H groups in total. The maximum Gasteiger partial charge on any atom is 0.266 e. The number of benzene rings is 3. The lowest BCUT2D eigenvalue weighted by Gasteiger charge is -2.29. The van der Waals surface area contributed by atoms with Crippen LogP contribution in [0.2, 0.25) is 0 Å². The minimum absolute atomic E-state index is 0.278. The molecule has 0 bridgehead atoms. The molecule has 2 amide bonds. The van der Waals surface area contributed by atoms with Gasteiger partial charge in [-0.15, -0.1) is 0 Å². The average molecular weight is 479 g/mol. The number of anilines is 2. The zero-order valence-electron chi connectivity index (χ0n) is 16.6. The first-order valence-corrected chi connectivity index (χ1v) is 10.7. The summed E-state index contributed by atoms with van der Waals surface area (Å²) in [6, 6.07) is 23.7. The van der Waals surface area contributed by atoms with Crippen LogP contribution in [0.15, 0.2) is 83.3 Å². The largest absolute Gasteiger partial charge is 0.497 e. The summed E-state index contributed by atoms with van der Waals surface area (Å²) >= 11 is 3.41. The number of fused-ring (bicyclic) bond motifs is 1. The predicted octanol–water partition coefficient (Wildman–Crippen LogP) is 4.51. The number of rotatable bonds is 4. The monoisotopic (exact) mass is 478 g/mol. The van der Waals surface area contributed by atoms with Crippen molar-refractivity contribution >= 4 is 39.1 Å². The Morgan fingerprint density at radius 2 is 1.61 bits per heavy atom.